The molecule has 0 fully saturated rings. The Morgan fingerprint density at radius 1 is 1.25 bits per heavy atom. The third-order valence-electron chi connectivity index (χ3n) is 1.58. The molecule has 0 aliphatic heterocycles. The topological polar surface area (TPSA) is 37.4 Å². The Bertz CT molecular complexity index is 191. The molecule has 0 spiro atoms. The zero-order chi connectivity index (χ0) is 9.94. The summed E-state index contributed by atoms with van der Waals surface area (Å²) in [6.45, 7) is 9.08. The van der Waals surface area contributed by atoms with Gasteiger partial charge in [0.05, 0.1) is 0 Å². The quantitative estimate of drug-likeness (QED) is 0.598. The zero-order valence-electron chi connectivity index (χ0n) is 8.47. The van der Waals surface area contributed by atoms with Crippen LogP contribution in [0.5, 0.6) is 0 Å². The fourth-order valence-corrected chi connectivity index (χ4v) is 0.914. The molecule has 0 saturated carbocycles. The van der Waals surface area contributed by atoms with Crippen LogP contribution in [-0.4, -0.2) is 23.3 Å². The molecular formula is C9H17NO2. The van der Waals surface area contributed by atoms with Crippen molar-refractivity contribution in [3.63, 3.8) is 0 Å². The first-order chi connectivity index (χ1) is 5.30. The van der Waals surface area contributed by atoms with Gasteiger partial charge in [-0.25, -0.2) is 0 Å². The second-order valence-electron chi connectivity index (χ2n) is 3.82. The highest BCUT2D eigenvalue weighted by atomic mass is 16.2. The summed E-state index contributed by atoms with van der Waals surface area (Å²) in [6, 6.07) is 0. The summed E-state index contributed by atoms with van der Waals surface area (Å²) in [4.78, 5) is 23.8. The van der Waals surface area contributed by atoms with Gasteiger partial charge in [0, 0.05) is 18.9 Å². The molecule has 0 aliphatic rings. The SMILES string of the molecule is CCN(C(C)=O)C(=O)C(C)(C)C. The summed E-state index contributed by atoms with van der Waals surface area (Å²) in [7, 11) is 0. The van der Waals surface area contributed by atoms with Crippen LogP contribution in [0.3, 0.4) is 0 Å². The summed E-state index contributed by atoms with van der Waals surface area (Å²) >= 11 is 0. The fraction of sp³-hybridized carbons (Fsp3) is 0.778. The Morgan fingerprint density at radius 2 is 1.67 bits per heavy atom. The molecular weight excluding hydrogens is 154 g/mol. The number of carbonyl (C=O) groups excluding carboxylic acids is 2. The second-order valence-corrected chi connectivity index (χ2v) is 3.82. The number of carbonyl (C=O) groups is 2. The maximum absolute atomic E-state index is 11.5. The van der Waals surface area contributed by atoms with Gasteiger partial charge in [0.25, 0.3) is 0 Å². The summed E-state index contributed by atoms with van der Waals surface area (Å²) < 4.78 is 0. The van der Waals surface area contributed by atoms with E-state index < -0.39 is 5.41 Å². The van der Waals surface area contributed by atoms with Crippen molar-refractivity contribution < 1.29 is 9.59 Å². The molecule has 12 heavy (non-hydrogen) atoms. The molecule has 0 aromatic rings. The Hall–Kier alpha value is -0.860. The molecule has 0 rings (SSSR count). The lowest BCUT2D eigenvalue weighted by Crippen LogP contribution is -2.42. The predicted octanol–water partition coefficient (Wildman–Crippen LogP) is 1.43. The van der Waals surface area contributed by atoms with Crippen LogP contribution in [0.2, 0.25) is 0 Å². The van der Waals surface area contributed by atoms with Crippen LogP contribution in [-0.2, 0) is 9.59 Å². The van der Waals surface area contributed by atoms with Crippen LogP contribution in [0.25, 0.3) is 0 Å². The van der Waals surface area contributed by atoms with Crippen molar-refractivity contribution >= 4 is 11.8 Å². The summed E-state index contributed by atoms with van der Waals surface area (Å²) in [5, 5.41) is 0. The number of nitrogens with zero attached hydrogens (tertiary/aromatic N) is 1. The molecule has 0 aromatic heterocycles. The standard InChI is InChI=1S/C9H17NO2/c1-6-10(7(2)11)8(12)9(3,4)5/h6H2,1-5H3. The van der Waals surface area contributed by atoms with Gasteiger partial charge in [-0.05, 0) is 6.92 Å². The minimum absolute atomic E-state index is 0.113. The third-order valence-corrected chi connectivity index (χ3v) is 1.58. The van der Waals surface area contributed by atoms with Gasteiger partial charge in [-0.2, -0.15) is 0 Å². The number of imide groups is 1. The van der Waals surface area contributed by atoms with E-state index in [4.69, 9.17) is 0 Å². The molecule has 0 N–H and O–H groups in total. The summed E-state index contributed by atoms with van der Waals surface area (Å²) in [6.07, 6.45) is 0. The van der Waals surface area contributed by atoms with E-state index in [1.807, 2.05) is 0 Å². The van der Waals surface area contributed by atoms with Gasteiger partial charge in [0.15, 0.2) is 0 Å². The van der Waals surface area contributed by atoms with E-state index in [0.717, 1.165) is 0 Å². The van der Waals surface area contributed by atoms with Crippen LogP contribution >= 0.6 is 0 Å². The van der Waals surface area contributed by atoms with E-state index in [1.54, 1.807) is 27.7 Å². The average Bonchev–Trinajstić information content (AvgIpc) is 1.86. The highest BCUT2D eigenvalue weighted by Gasteiger charge is 2.28. The van der Waals surface area contributed by atoms with Gasteiger partial charge in [0.2, 0.25) is 11.8 Å². The molecule has 3 heteroatoms. The number of hydrogen-bond acceptors (Lipinski definition) is 2. The second kappa shape index (κ2) is 3.70. The first-order valence-corrected chi connectivity index (χ1v) is 4.13. The molecule has 0 aromatic carbocycles. The van der Waals surface area contributed by atoms with E-state index in [0.29, 0.717) is 6.54 Å². The van der Waals surface area contributed by atoms with Crippen molar-refractivity contribution in [2.24, 2.45) is 5.41 Å². The zero-order valence-corrected chi connectivity index (χ0v) is 8.47. The molecule has 70 valence electrons. The van der Waals surface area contributed by atoms with Gasteiger partial charge in [-0.15, -0.1) is 0 Å². The molecule has 3 nitrogen and oxygen atoms in total. The minimum atomic E-state index is -0.471. The largest absolute Gasteiger partial charge is 0.283 e. The Labute approximate surface area is 73.7 Å². The predicted molar refractivity (Wildman–Crippen MR) is 47.5 cm³/mol. The Kier molecular flexibility index (Phi) is 3.43. The first-order valence-electron chi connectivity index (χ1n) is 4.13. The summed E-state index contributed by atoms with van der Waals surface area (Å²) in [5.41, 5.74) is -0.471. The lowest BCUT2D eigenvalue weighted by atomic mass is 9.95. The van der Waals surface area contributed by atoms with Gasteiger partial charge >= 0.3 is 0 Å². The highest BCUT2D eigenvalue weighted by Crippen LogP contribution is 2.17. The maximum atomic E-state index is 11.5. The third kappa shape index (κ3) is 2.64. The molecule has 0 radical (unpaired) electrons. The van der Waals surface area contributed by atoms with Crippen LogP contribution in [0.15, 0.2) is 0 Å². The number of hydrogen-bond donors (Lipinski definition) is 0. The van der Waals surface area contributed by atoms with E-state index in [9.17, 15) is 9.59 Å². The first kappa shape index (κ1) is 11.1. The fourth-order valence-electron chi connectivity index (χ4n) is 0.914. The van der Waals surface area contributed by atoms with Crippen molar-refractivity contribution in [2.75, 3.05) is 6.54 Å². The van der Waals surface area contributed by atoms with Crippen molar-refractivity contribution in [3.05, 3.63) is 0 Å². The lowest BCUT2D eigenvalue weighted by molar-refractivity contribution is -0.148. The number of rotatable bonds is 1. The number of amides is 2. The van der Waals surface area contributed by atoms with E-state index in [2.05, 4.69) is 0 Å². The van der Waals surface area contributed by atoms with Crippen molar-refractivity contribution in [1.82, 2.24) is 4.90 Å². The van der Waals surface area contributed by atoms with Crippen LogP contribution in [0.4, 0.5) is 0 Å². The van der Waals surface area contributed by atoms with Gasteiger partial charge in [0.1, 0.15) is 0 Å². The average molecular weight is 171 g/mol. The normalized spacial score (nSPS) is 11.1. The van der Waals surface area contributed by atoms with Crippen molar-refractivity contribution in [1.29, 1.82) is 0 Å². The van der Waals surface area contributed by atoms with E-state index >= 15 is 0 Å². The maximum Gasteiger partial charge on any atom is 0.234 e. The molecule has 0 unspecified atom stereocenters. The van der Waals surface area contributed by atoms with Crippen molar-refractivity contribution in [3.8, 4) is 0 Å². The van der Waals surface area contributed by atoms with E-state index in [-0.39, 0.29) is 11.8 Å². The van der Waals surface area contributed by atoms with Crippen LogP contribution in [0, 0.1) is 5.41 Å². The van der Waals surface area contributed by atoms with Gasteiger partial charge < -0.3 is 0 Å². The van der Waals surface area contributed by atoms with Crippen LogP contribution < -0.4 is 0 Å². The van der Waals surface area contributed by atoms with E-state index in [1.165, 1.54) is 11.8 Å². The molecule has 0 heterocycles. The molecule has 2 amide bonds. The highest BCUT2D eigenvalue weighted by molar-refractivity contribution is 5.96. The molecule has 0 atom stereocenters. The Balaban J connectivity index is 4.55. The van der Waals surface area contributed by atoms with Crippen molar-refractivity contribution in [2.45, 2.75) is 34.6 Å². The lowest BCUT2D eigenvalue weighted by Gasteiger charge is -2.25. The molecule has 0 aliphatic carbocycles. The smallest absolute Gasteiger partial charge is 0.234 e. The van der Waals surface area contributed by atoms with Gasteiger partial charge in [-0.1, -0.05) is 20.8 Å². The molecule has 0 bridgehead atoms. The minimum Gasteiger partial charge on any atom is -0.283 e. The monoisotopic (exact) mass is 171 g/mol. The van der Waals surface area contributed by atoms with Gasteiger partial charge in [-0.3, -0.25) is 14.5 Å². The summed E-state index contributed by atoms with van der Waals surface area (Å²) in [5.74, 6) is -0.296. The molecule has 0 saturated heterocycles. The van der Waals surface area contributed by atoms with Crippen LogP contribution in [0.1, 0.15) is 34.6 Å². The Morgan fingerprint density at radius 3 is 1.75 bits per heavy atom.